The number of phenols is 1. The van der Waals surface area contributed by atoms with Gasteiger partial charge >= 0.3 is 0 Å². The molecule has 1 fully saturated rings. The SMILES string of the molecule is CCN(C[C@]1(C#N)C[C@H]1S(C)(=O)=O)C(C)c1cccc(O)c1. The number of hydrogen-bond donors (Lipinski definition) is 1. The lowest BCUT2D eigenvalue weighted by Gasteiger charge is -2.30. The summed E-state index contributed by atoms with van der Waals surface area (Å²) in [5.41, 5.74) is 0.154. The van der Waals surface area contributed by atoms with E-state index in [0.717, 1.165) is 5.56 Å². The first-order chi connectivity index (χ1) is 10.2. The Kier molecular flexibility index (Phi) is 4.50. The molecule has 0 heterocycles. The molecule has 120 valence electrons. The van der Waals surface area contributed by atoms with E-state index in [1.807, 2.05) is 19.9 Å². The molecule has 1 saturated carbocycles. The van der Waals surface area contributed by atoms with Crippen molar-refractivity contribution in [2.75, 3.05) is 19.3 Å². The van der Waals surface area contributed by atoms with Gasteiger partial charge in [0.25, 0.3) is 0 Å². The number of phenolic OH excluding ortho intramolecular Hbond substituents is 1. The average Bonchev–Trinajstić information content (AvgIpc) is 3.19. The van der Waals surface area contributed by atoms with Gasteiger partial charge in [-0.15, -0.1) is 0 Å². The van der Waals surface area contributed by atoms with Crippen LogP contribution in [0.25, 0.3) is 0 Å². The molecule has 5 nitrogen and oxygen atoms in total. The first kappa shape index (κ1) is 16.8. The fourth-order valence-electron chi connectivity index (χ4n) is 3.03. The molecular formula is C16H22N2O3S. The normalized spacial score (nSPS) is 25.7. The third-order valence-corrected chi connectivity index (χ3v) is 6.19. The highest BCUT2D eigenvalue weighted by Crippen LogP contribution is 2.51. The third-order valence-electron chi connectivity index (χ3n) is 4.54. The van der Waals surface area contributed by atoms with Gasteiger partial charge in [-0.05, 0) is 37.6 Å². The lowest BCUT2D eigenvalue weighted by Crippen LogP contribution is -2.34. The van der Waals surface area contributed by atoms with Crippen molar-refractivity contribution in [3.05, 3.63) is 29.8 Å². The Hall–Kier alpha value is -1.58. The summed E-state index contributed by atoms with van der Waals surface area (Å²) in [5.74, 6) is 0.204. The van der Waals surface area contributed by atoms with Gasteiger partial charge in [0.05, 0.1) is 16.7 Å². The average molecular weight is 322 g/mol. The number of hydrogen-bond acceptors (Lipinski definition) is 5. The largest absolute Gasteiger partial charge is 0.508 e. The molecule has 1 aliphatic rings. The van der Waals surface area contributed by atoms with E-state index in [9.17, 15) is 18.8 Å². The summed E-state index contributed by atoms with van der Waals surface area (Å²) in [4.78, 5) is 2.09. The molecule has 0 aliphatic heterocycles. The van der Waals surface area contributed by atoms with E-state index in [1.165, 1.54) is 6.26 Å². The zero-order chi connectivity index (χ0) is 16.5. The Morgan fingerprint density at radius 1 is 1.55 bits per heavy atom. The summed E-state index contributed by atoms with van der Waals surface area (Å²) >= 11 is 0. The van der Waals surface area contributed by atoms with Crippen molar-refractivity contribution in [1.29, 1.82) is 5.26 Å². The van der Waals surface area contributed by atoms with Crippen LogP contribution in [0.4, 0.5) is 0 Å². The summed E-state index contributed by atoms with van der Waals surface area (Å²) in [6, 6.07) is 9.25. The van der Waals surface area contributed by atoms with Gasteiger partial charge in [-0.25, -0.2) is 8.42 Å². The molecular weight excluding hydrogens is 300 g/mol. The van der Waals surface area contributed by atoms with Crippen LogP contribution in [-0.2, 0) is 9.84 Å². The van der Waals surface area contributed by atoms with Gasteiger partial charge in [0, 0.05) is 18.8 Å². The van der Waals surface area contributed by atoms with Crippen LogP contribution in [0.1, 0.15) is 31.9 Å². The van der Waals surface area contributed by atoms with Crippen LogP contribution in [0.15, 0.2) is 24.3 Å². The van der Waals surface area contributed by atoms with Crippen molar-refractivity contribution >= 4 is 9.84 Å². The fraction of sp³-hybridized carbons (Fsp3) is 0.562. The Morgan fingerprint density at radius 2 is 2.23 bits per heavy atom. The van der Waals surface area contributed by atoms with Crippen molar-refractivity contribution in [2.45, 2.75) is 31.6 Å². The van der Waals surface area contributed by atoms with Gasteiger partial charge in [-0.1, -0.05) is 19.1 Å². The van der Waals surface area contributed by atoms with Gasteiger partial charge in [-0.3, -0.25) is 4.90 Å². The van der Waals surface area contributed by atoms with Crippen molar-refractivity contribution in [3.63, 3.8) is 0 Å². The van der Waals surface area contributed by atoms with E-state index in [1.54, 1.807) is 18.2 Å². The van der Waals surface area contributed by atoms with Gasteiger partial charge < -0.3 is 5.11 Å². The Balaban J connectivity index is 2.18. The molecule has 0 amide bonds. The standard InChI is InChI=1S/C16H22N2O3S/c1-4-18(12(2)13-6-5-7-14(19)8-13)11-16(10-17)9-15(16)22(3,20)21/h5-8,12,15,19H,4,9,11H2,1-3H3/t12?,15-,16-/m1/s1. The molecule has 0 bridgehead atoms. The molecule has 1 unspecified atom stereocenters. The molecule has 2 rings (SSSR count). The van der Waals surface area contributed by atoms with Gasteiger partial charge in [-0.2, -0.15) is 5.26 Å². The van der Waals surface area contributed by atoms with Gasteiger partial charge in [0.1, 0.15) is 5.75 Å². The quantitative estimate of drug-likeness (QED) is 0.867. The van der Waals surface area contributed by atoms with Crippen LogP contribution in [0, 0.1) is 16.7 Å². The fourth-order valence-corrected chi connectivity index (χ4v) is 4.58. The summed E-state index contributed by atoms with van der Waals surface area (Å²) in [5, 5.41) is 18.5. The Labute approximate surface area is 132 Å². The highest BCUT2D eigenvalue weighted by molar-refractivity contribution is 7.91. The Morgan fingerprint density at radius 3 is 2.68 bits per heavy atom. The highest BCUT2D eigenvalue weighted by Gasteiger charge is 2.61. The van der Waals surface area contributed by atoms with Crippen LogP contribution in [0.5, 0.6) is 5.75 Å². The molecule has 22 heavy (non-hydrogen) atoms. The van der Waals surface area contributed by atoms with Gasteiger partial charge in [0.2, 0.25) is 0 Å². The van der Waals surface area contributed by atoms with Gasteiger partial charge in [0.15, 0.2) is 9.84 Å². The predicted octanol–water partition coefficient (Wildman–Crippen LogP) is 2.10. The minimum Gasteiger partial charge on any atom is -0.508 e. The Bertz CT molecular complexity index is 696. The number of nitriles is 1. The molecule has 1 aromatic carbocycles. The zero-order valence-electron chi connectivity index (χ0n) is 13.2. The van der Waals surface area contributed by atoms with Crippen LogP contribution in [-0.4, -0.2) is 43.0 Å². The molecule has 1 aromatic rings. The second kappa shape index (κ2) is 5.90. The van der Waals surface area contributed by atoms with Crippen molar-refractivity contribution in [3.8, 4) is 11.8 Å². The summed E-state index contributed by atoms with van der Waals surface area (Å²) < 4.78 is 23.4. The molecule has 0 saturated heterocycles. The maximum atomic E-state index is 11.7. The second-order valence-corrected chi connectivity index (χ2v) is 8.35. The molecule has 3 atom stereocenters. The maximum absolute atomic E-state index is 11.7. The number of nitrogens with zero attached hydrogens (tertiary/aromatic N) is 2. The molecule has 0 spiro atoms. The molecule has 1 N–H and O–H groups in total. The van der Waals surface area contributed by atoms with E-state index in [0.29, 0.717) is 19.5 Å². The maximum Gasteiger partial charge on any atom is 0.151 e. The smallest absolute Gasteiger partial charge is 0.151 e. The zero-order valence-corrected chi connectivity index (χ0v) is 14.0. The summed E-state index contributed by atoms with van der Waals surface area (Å²) in [6.45, 7) is 5.12. The lowest BCUT2D eigenvalue weighted by atomic mass is 10.0. The van der Waals surface area contributed by atoms with E-state index in [-0.39, 0.29) is 11.8 Å². The topological polar surface area (TPSA) is 81.4 Å². The van der Waals surface area contributed by atoms with Crippen LogP contribution >= 0.6 is 0 Å². The summed E-state index contributed by atoms with van der Waals surface area (Å²) in [6.07, 6.45) is 1.61. The number of rotatable bonds is 6. The molecule has 1 aliphatic carbocycles. The van der Waals surface area contributed by atoms with E-state index >= 15 is 0 Å². The molecule has 0 aromatic heterocycles. The van der Waals surface area contributed by atoms with E-state index in [2.05, 4.69) is 11.0 Å². The second-order valence-electron chi connectivity index (χ2n) is 6.12. The number of aromatic hydroxyl groups is 1. The molecule has 0 radical (unpaired) electrons. The first-order valence-corrected chi connectivity index (χ1v) is 9.32. The van der Waals surface area contributed by atoms with Crippen LogP contribution in [0.2, 0.25) is 0 Å². The predicted molar refractivity (Wildman–Crippen MR) is 85.1 cm³/mol. The third kappa shape index (κ3) is 3.26. The van der Waals surface area contributed by atoms with E-state index in [4.69, 9.17) is 0 Å². The first-order valence-electron chi connectivity index (χ1n) is 7.36. The highest BCUT2D eigenvalue weighted by atomic mass is 32.2. The van der Waals surface area contributed by atoms with Crippen LogP contribution < -0.4 is 0 Å². The lowest BCUT2D eigenvalue weighted by molar-refractivity contribution is 0.196. The monoisotopic (exact) mass is 322 g/mol. The minimum atomic E-state index is -3.19. The van der Waals surface area contributed by atoms with Crippen molar-refractivity contribution in [2.24, 2.45) is 5.41 Å². The van der Waals surface area contributed by atoms with E-state index < -0.39 is 20.5 Å². The minimum absolute atomic E-state index is 0.00290. The number of benzene rings is 1. The van der Waals surface area contributed by atoms with Crippen molar-refractivity contribution in [1.82, 2.24) is 4.90 Å². The number of sulfone groups is 1. The summed E-state index contributed by atoms with van der Waals surface area (Å²) in [7, 11) is -3.19. The molecule has 6 heteroatoms. The van der Waals surface area contributed by atoms with Crippen molar-refractivity contribution < 1.29 is 13.5 Å². The van der Waals surface area contributed by atoms with Crippen LogP contribution in [0.3, 0.4) is 0 Å².